The molecule has 5 rings (SSSR count). The van der Waals surface area contributed by atoms with Crippen molar-refractivity contribution in [3.05, 3.63) is 64.8 Å². The summed E-state index contributed by atoms with van der Waals surface area (Å²) in [5.74, 6) is -0.0979. The SMILES string of the molecule is O=C(c1cccnc1)N1CCC(O)(C(O)CN2CCC(n3c(=O)[nH]c4ccccc43)CC2)CC1. The number of likely N-dealkylation sites (tertiary alicyclic amines) is 2. The highest BCUT2D eigenvalue weighted by Gasteiger charge is 2.41. The zero-order valence-corrected chi connectivity index (χ0v) is 19.1. The number of nitrogens with one attached hydrogen (secondary N) is 1. The van der Waals surface area contributed by atoms with Gasteiger partial charge in [-0.25, -0.2) is 4.79 Å². The quantitative estimate of drug-likeness (QED) is 0.525. The number of amides is 1. The van der Waals surface area contributed by atoms with Crippen molar-refractivity contribution in [2.24, 2.45) is 0 Å². The number of imidazole rings is 1. The van der Waals surface area contributed by atoms with Gasteiger partial charge in [-0.15, -0.1) is 0 Å². The molecule has 1 atom stereocenters. The van der Waals surface area contributed by atoms with Crippen molar-refractivity contribution < 1.29 is 15.0 Å². The van der Waals surface area contributed by atoms with Crippen molar-refractivity contribution in [2.75, 3.05) is 32.7 Å². The summed E-state index contributed by atoms with van der Waals surface area (Å²) in [4.78, 5) is 35.9. The summed E-state index contributed by atoms with van der Waals surface area (Å²) < 4.78 is 1.85. The molecule has 2 fully saturated rings. The van der Waals surface area contributed by atoms with Gasteiger partial charge in [0, 0.05) is 51.2 Å². The molecule has 0 spiro atoms. The Bertz CT molecular complexity index is 1190. The summed E-state index contributed by atoms with van der Waals surface area (Å²) in [5.41, 5.74) is 1.01. The molecule has 0 bridgehead atoms. The first kappa shape index (κ1) is 22.8. The lowest BCUT2D eigenvalue weighted by Gasteiger charge is -2.43. The lowest BCUT2D eigenvalue weighted by molar-refractivity contribution is -0.114. The lowest BCUT2D eigenvalue weighted by Crippen LogP contribution is -2.56. The molecule has 1 amide bonds. The molecule has 2 saturated heterocycles. The van der Waals surface area contributed by atoms with Crippen LogP contribution in [0.2, 0.25) is 0 Å². The summed E-state index contributed by atoms with van der Waals surface area (Å²) >= 11 is 0. The van der Waals surface area contributed by atoms with E-state index < -0.39 is 11.7 Å². The molecule has 9 nitrogen and oxygen atoms in total. The van der Waals surface area contributed by atoms with E-state index in [1.54, 1.807) is 29.4 Å². The molecule has 0 saturated carbocycles. The summed E-state index contributed by atoms with van der Waals surface area (Å²) in [6.07, 6.45) is 4.56. The number of H-pyrrole nitrogens is 1. The molecule has 0 radical (unpaired) electrons. The fourth-order valence-corrected chi connectivity index (χ4v) is 5.31. The Balaban J connectivity index is 1.15. The van der Waals surface area contributed by atoms with Crippen molar-refractivity contribution in [3.63, 3.8) is 0 Å². The number of aliphatic hydroxyl groups excluding tert-OH is 1. The Morgan fingerprint density at radius 2 is 1.85 bits per heavy atom. The second-order valence-corrected chi connectivity index (χ2v) is 9.50. The maximum absolute atomic E-state index is 12.6. The van der Waals surface area contributed by atoms with E-state index in [0.29, 0.717) is 38.0 Å². The molecule has 2 aliphatic rings. The van der Waals surface area contributed by atoms with Crippen LogP contribution in [0.5, 0.6) is 0 Å². The molecule has 1 aromatic carbocycles. The number of fused-ring (bicyclic) bond motifs is 1. The van der Waals surface area contributed by atoms with E-state index in [0.717, 1.165) is 37.0 Å². The monoisotopic (exact) mass is 465 g/mol. The number of para-hydroxylation sites is 2. The van der Waals surface area contributed by atoms with Crippen LogP contribution in [0.1, 0.15) is 42.1 Å². The topological polar surface area (TPSA) is 115 Å². The zero-order valence-electron chi connectivity index (χ0n) is 19.1. The van der Waals surface area contributed by atoms with E-state index in [1.165, 1.54) is 0 Å². The molecule has 2 aliphatic heterocycles. The van der Waals surface area contributed by atoms with E-state index in [-0.39, 0.29) is 17.6 Å². The Kier molecular flexibility index (Phi) is 6.24. The van der Waals surface area contributed by atoms with Crippen LogP contribution in [0.3, 0.4) is 0 Å². The van der Waals surface area contributed by atoms with E-state index in [4.69, 9.17) is 0 Å². The third kappa shape index (κ3) is 4.38. The highest BCUT2D eigenvalue weighted by Crippen LogP contribution is 2.29. The molecule has 4 heterocycles. The largest absolute Gasteiger partial charge is 0.389 e. The fraction of sp³-hybridized carbons (Fsp3) is 0.480. The average molecular weight is 466 g/mol. The molecule has 1 unspecified atom stereocenters. The van der Waals surface area contributed by atoms with Crippen LogP contribution < -0.4 is 5.69 Å². The van der Waals surface area contributed by atoms with E-state index in [2.05, 4.69) is 14.9 Å². The predicted octanol–water partition coefficient (Wildman–Crippen LogP) is 1.39. The van der Waals surface area contributed by atoms with Crippen LogP contribution in [0.4, 0.5) is 0 Å². The summed E-state index contributed by atoms with van der Waals surface area (Å²) in [6.45, 7) is 2.66. The number of rotatable bonds is 5. The number of nitrogens with zero attached hydrogens (tertiary/aromatic N) is 4. The smallest absolute Gasteiger partial charge is 0.326 e. The average Bonchev–Trinajstić information content (AvgIpc) is 3.21. The van der Waals surface area contributed by atoms with E-state index in [1.807, 2.05) is 28.8 Å². The molecule has 34 heavy (non-hydrogen) atoms. The molecular weight excluding hydrogens is 434 g/mol. The second-order valence-electron chi connectivity index (χ2n) is 9.50. The van der Waals surface area contributed by atoms with E-state index >= 15 is 0 Å². The van der Waals surface area contributed by atoms with Gasteiger partial charge in [-0.2, -0.15) is 0 Å². The number of pyridine rings is 1. The Morgan fingerprint density at radius 3 is 2.56 bits per heavy atom. The minimum absolute atomic E-state index is 0.0819. The van der Waals surface area contributed by atoms with Gasteiger partial charge in [-0.05, 0) is 49.9 Å². The van der Waals surface area contributed by atoms with Crippen LogP contribution >= 0.6 is 0 Å². The maximum atomic E-state index is 12.6. The molecule has 3 aromatic rings. The van der Waals surface area contributed by atoms with E-state index in [9.17, 15) is 19.8 Å². The number of carbonyl (C=O) groups is 1. The summed E-state index contributed by atoms with van der Waals surface area (Å²) in [6, 6.07) is 11.3. The Morgan fingerprint density at radius 1 is 1.12 bits per heavy atom. The van der Waals surface area contributed by atoms with Gasteiger partial charge >= 0.3 is 5.69 Å². The number of aliphatic hydroxyl groups is 2. The number of piperidine rings is 2. The number of β-amino-alcohol motifs (C(OH)–C–C–N with tert-alkyl or cyclic N) is 1. The molecule has 2 aromatic heterocycles. The highest BCUT2D eigenvalue weighted by molar-refractivity contribution is 5.93. The molecule has 180 valence electrons. The molecule has 0 aliphatic carbocycles. The van der Waals surface area contributed by atoms with Crippen molar-refractivity contribution in [1.82, 2.24) is 24.3 Å². The fourth-order valence-electron chi connectivity index (χ4n) is 5.31. The first-order valence-corrected chi connectivity index (χ1v) is 12.0. The minimum Gasteiger partial charge on any atom is -0.389 e. The predicted molar refractivity (Wildman–Crippen MR) is 128 cm³/mol. The van der Waals surface area contributed by atoms with Gasteiger partial charge in [0.1, 0.15) is 0 Å². The van der Waals surface area contributed by atoms with Crippen LogP contribution in [0, 0.1) is 0 Å². The number of carbonyl (C=O) groups excluding carboxylic acids is 1. The highest BCUT2D eigenvalue weighted by atomic mass is 16.3. The Labute approximate surface area is 197 Å². The molecular formula is C25H31N5O4. The van der Waals surface area contributed by atoms with Crippen molar-refractivity contribution >= 4 is 16.9 Å². The summed E-state index contributed by atoms with van der Waals surface area (Å²) in [5, 5.41) is 22.0. The van der Waals surface area contributed by atoms with Gasteiger partial charge in [0.2, 0.25) is 0 Å². The number of aromatic nitrogens is 3. The molecule has 3 N–H and O–H groups in total. The molecule has 9 heteroatoms. The maximum Gasteiger partial charge on any atom is 0.326 e. The normalized spacial score (nSPS) is 20.5. The van der Waals surface area contributed by atoms with Gasteiger partial charge in [0.25, 0.3) is 5.91 Å². The third-order valence-electron chi connectivity index (χ3n) is 7.42. The van der Waals surface area contributed by atoms with Crippen molar-refractivity contribution in [3.8, 4) is 0 Å². The number of hydrogen-bond acceptors (Lipinski definition) is 6. The van der Waals surface area contributed by atoms with Crippen molar-refractivity contribution in [1.29, 1.82) is 0 Å². The third-order valence-corrected chi connectivity index (χ3v) is 7.42. The minimum atomic E-state index is -1.21. The Hall–Kier alpha value is -3.01. The van der Waals surface area contributed by atoms with Gasteiger partial charge < -0.3 is 25.0 Å². The lowest BCUT2D eigenvalue weighted by atomic mass is 9.85. The zero-order chi connectivity index (χ0) is 23.7. The second kappa shape index (κ2) is 9.32. The van der Waals surface area contributed by atoms with Crippen LogP contribution in [-0.4, -0.2) is 84.9 Å². The first-order chi connectivity index (χ1) is 16.4. The number of aromatic amines is 1. The first-order valence-electron chi connectivity index (χ1n) is 12.0. The number of benzene rings is 1. The van der Waals surface area contributed by atoms with Gasteiger partial charge in [-0.3, -0.25) is 14.3 Å². The van der Waals surface area contributed by atoms with Crippen LogP contribution in [0.15, 0.2) is 53.6 Å². The van der Waals surface area contributed by atoms with Crippen molar-refractivity contribution in [2.45, 2.75) is 43.4 Å². The van der Waals surface area contributed by atoms with Gasteiger partial charge in [0.15, 0.2) is 0 Å². The van der Waals surface area contributed by atoms with Crippen LogP contribution in [0.25, 0.3) is 11.0 Å². The summed E-state index contributed by atoms with van der Waals surface area (Å²) in [7, 11) is 0. The van der Waals surface area contributed by atoms with Crippen LogP contribution in [-0.2, 0) is 0 Å². The standard InChI is InChI=1S/C25H31N5O4/c31-22(25(34)9-14-29(15-10-25)23(32)18-4-3-11-26-16-18)17-28-12-7-19(8-13-28)30-21-6-2-1-5-20(21)27-24(30)33/h1-6,11,16,19,22,31,34H,7-10,12-15,17H2,(H,27,33). The number of hydrogen-bond donors (Lipinski definition) is 3. The van der Waals surface area contributed by atoms with Gasteiger partial charge in [-0.1, -0.05) is 12.1 Å². The van der Waals surface area contributed by atoms with Gasteiger partial charge in [0.05, 0.1) is 28.3 Å².